The number of aromatic nitrogens is 1. The predicted octanol–water partition coefficient (Wildman–Crippen LogP) is 1.15. The second kappa shape index (κ2) is 3.04. The molecule has 0 radical (unpaired) electrons. The first kappa shape index (κ1) is 9.12. The highest BCUT2D eigenvalue weighted by Crippen LogP contribution is 2.40. The Hall–Kier alpha value is -0.450. The minimum absolute atomic E-state index is 0.265. The first-order valence-corrected chi connectivity index (χ1v) is 4.99. The number of aliphatic hydroxyl groups excluding tert-OH is 1. The highest BCUT2D eigenvalue weighted by atomic mass is 79.9. The summed E-state index contributed by atoms with van der Waals surface area (Å²) in [6.07, 6.45) is 2.66. The summed E-state index contributed by atoms with van der Waals surface area (Å²) in [5, 5.41) is 9.21. The lowest BCUT2D eigenvalue weighted by molar-refractivity contribution is 0.0184. The minimum atomic E-state index is -0.431. The van der Waals surface area contributed by atoms with Crippen LogP contribution in [0.4, 0.5) is 0 Å². The second-order valence-corrected chi connectivity index (χ2v) is 4.41. The van der Waals surface area contributed by atoms with Crippen LogP contribution in [0, 0.1) is 0 Å². The first-order chi connectivity index (χ1) is 6.12. The number of halogens is 1. The average molecular weight is 243 g/mol. The van der Waals surface area contributed by atoms with Crippen LogP contribution in [0.2, 0.25) is 0 Å². The van der Waals surface area contributed by atoms with Crippen molar-refractivity contribution in [1.29, 1.82) is 0 Å². The van der Waals surface area contributed by atoms with E-state index in [1.807, 2.05) is 12.1 Å². The van der Waals surface area contributed by atoms with E-state index in [1.165, 1.54) is 0 Å². The minimum Gasteiger partial charge on any atom is -0.393 e. The fourth-order valence-electron chi connectivity index (χ4n) is 1.73. The molecule has 0 aromatic carbocycles. The van der Waals surface area contributed by atoms with Crippen molar-refractivity contribution in [3.8, 4) is 0 Å². The Morgan fingerprint density at radius 1 is 1.62 bits per heavy atom. The number of aliphatic hydroxyl groups is 1. The molecule has 0 saturated heterocycles. The third-order valence-electron chi connectivity index (χ3n) is 2.43. The van der Waals surface area contributed by atoms with Gasteiger partial charge in [-0.1, -0.05) is 0 Å². The Kier molecular flexibility index (Phi) is 2.14. The van der Waals surface area contributed by atoms with E-state index >= 15 is 0 Å². The van der Waals surface area contributed by atoms with Crippen LogP contribution in [0.5, 0.6) is 0 Å². The molecule has 3 nitrogen and oxygen atoms in total. The summed E-state index contributed by atoms with van der Waals surface area (Å²) in [6.45, 7) is 0. The van der Waals surface area contributed by atoms with Crippen molar-refractivity contribution < 1.29 is 5.11 Å². The van der Waals surface area contributed by atoms with Crippen molar-refractivity contribution in [3.63, 3.8) is 0 Å². The lowest BCUT2D eigenvalue weighted by Crippen LogP contribution is -2.52. The van der Waals surface area contributed by atoms with Crippen LogP contribution in [0.15, 0.2) is 22.8 Å². The summed E-state index contributed by atoms with van der Waals surface area (Å²) < 4.78 is 0.921. The third kappa shape index (κ3) is 1.49. The lowest BCUT2D eigenvalue weighted by Gasteiger charge is -2.42. The van der Waals surface area contributed by atoms with Crippen LogP contribution < -0.4 is 5.73 Å². The van der Waals surface area contributed by atoms with Crippen LogP contribution in [0.1, 0.15) is 18.5 Å². The molecule has 0 amide bonds. The Bertz CT molecular complexity index is 323. The van der Waals surface area contributed by atoms with Gasteiger partial charge in [0.15, 0.2) is 0 Å². The van der Waals surface area contributed by atoms with Crippen LogP contribution in [0.3, 0.4) is 0 Å². The number of nitrogens with two attached hydrogens (primary N) is 1. The van der Waals surface area contributed by atoms with Crippen LogP contribution in [0.25, 0.3) is 0 Å². The molecule has 1 fully saturated rings. The van der Waals surface area contributed by atoms with Gasteiger partial charge in [-0.25, -0.2) is 0 Å². The molecule has 1 aromatic heterocycles. The number of nitrogens with zero attached hydrogens (tertiary/aromatic N) is 1. The second-order valence-electron chi connectivity index (χ2n) is 3.55. The molecule has 0 atom stereocenters. The van der Waals surface area contributed by atoms with E-state index in [4.69, 9.17) is 5.73 Å². The molecule has 13 heavy (non-hydrogen) atoms. The summed E-state index contributed by atoms with van der Waals surface area (Å²) in [4.78, 5) is 4.22. The molecule has 4 heteroatoms. The van der Waals surface area contributed by atoms with Crippen molar-refractivity contribution in [2.75, 3.05) is 0 Å². The van der Waals surface area contributed by atoms with Crippen LogP contribution in [-0.4, -0.2) is 16.2 Å². The fraction of sp³-hybridized carbons (Fsp3) is 0.444. The number of pyridine rings is 1. The highest BCUT2D eigenvalue weighted by molar-refractivity contribution is 9.10. The van der Waals surface area contributed by atoms with Crippen molar-refractivity contribution in [2.45, 2.75) is 24.5 Å². The van der Waals surface area contributed by atoms with Gasteiger partial charge in [0.25, 0.3) is 0 Å². The molecule has 0 bridgehead atoms. The predicted molar refractivity (Wildman–Crippen MR) is 53.0 cm³/mol. The van der Waals surface area contributed by atoms with Crippen molar-refractivity contribution in [1.82, 2.24) is 4.98 Å². The smallest absolute Gasteiger partial charge is 0.0746 e. The largest absolute Gasteiger partial charge is 0.393 e. The Balaban J connectivity index is 2.31. The SMILES string of the molecule is NC1(c2ncccc2Br)CC(O)C1. The zero-order chi connectivity index (χ0) is 9.47. The van der Waals surface area contributed by atoms with Crippen molar-refractivity contribution in [2.24, 2.45) is 5.73 Å². The van der Waals surface area contributed by atoms with Gasteiger partial charge in [0.05, 0.1) is 17.3 Å². The molecule has 1 heterocycles. The molecule has 1 aliphatic carbocycles. The zero-order valence-electron chi connectivity index (χ0n) is 7.07. The molecular weight excluding hydrogens is 232 g/mol. The van der Waals surface area contributed by atoms with Gasteiger partial charge < -0.3 is 10.8 Å². The monoisotopic (exact) mass is 242 g/mol. The van der Waals surface area contributed by atoms with E-state index < -0.39 is 5.54 Å². The Morgan fingerprint density at radius 3 is 2.85 bits per heavy atom. The average Bonchev–Trinajstić information content (AvgIpc) is 2.02. The summed E-state index contributed by atoms with van der Waals surface area (Å²) in [7, 11) is 0. The molecule has 0 spiro atoms. The number of hydrogen-bond acceptors (Lipinski definition) is 3. The molecule has 70 valence electrons. The van der Waals surface area contributed by atoms with Gasteiger partial charge in [0, 0.05) is 10.7 Å². The zero-order valence-corrected chi connectivity index (χ0v) is 8.66. The number of rotatable bonds is 1. The third-order valence-corrected chi connectivity index (χ3v) is 3.07. The molecule has 2 rings (SSSR count). The van der Waals surface area contributed by atoms with Crippen molar-refractivity contribution >= 4 is 15.9 Å². The summed E-state index contributed by atoms with van der Waals surface area (Å²) in [5.41, 5.74) is 6.48. The summed E-state index contributed by atoms with van der Waals surface area (Å²) in [6, 6.07) is 3.77. The van der Waals surface area contributed by atoms with Gasteiger partial charge in [-0.3, -0.25) is 4.98 Å². The summed E-state index contributed by atoms with van der Waals surface area (Å²) in [5.74, 6) is 0. The fourth-order valence-corrected chi connectivity index (χ4v) is 2.38. The molecule has 1 aliphatic rings. The molecule has 1 saturated carbocycles. The Morgan fingerprint density at radius 2 is 2.31 bits per heavy atom. The van der Waals surface area contributed by atoms with Gasteiger partial charge >= 0.3 is 0 Å². The van der Waals surface area contributed by atoms with Gasteiger partial charge in [-0.2, -0.15) is 0 Å². The van der Waals surface area contributed by atoms with Gasteiger partial charge in [0.1, 0.15) is 0 Å². The molecule has 0 unspecified atom stereocenters. The van der Waals surface area contributed by atoms with Gasteiger partial charge in [-0.05, 0) is 40.9 Å². The highest BCUT2D eigenvalue weighted by Gasteiger charge is 2.43. The molecular formula is C9H11BrN2O. The normalized spacial score (nSPS) is 32.7. The van der Waals surface area contributed by atoms with E-state index in [2.05, 4.69) is 20.9 Å². The first-order valence-electron chi connectivity index (χ1n) is 4.20. The maximum absolute atomic E-state index is 9.21. The van der Waals surface area contributed by atoms with E-state index in [1.54, 1.807) is 6.20 Å². The van der Waals surface area contributed by atoms with E-state index in [-0.39, 0.29) is 6.10 Å². The topological polar surface area (TPSA) is 59.1 Å². The Labute approximate surface area is 85.1 Å². The summed E-state index contributed by atoms with van der Waals surface area (Å²) >= 11 is 3.40. The van der Waals surface area contributed by atoms with Crippen molar-refractivity contribution in [3.05, 3.63) is 28.5 Å². The quantitative estimate of drug-likeness (QED) is 0.777. The number of hydrogen-bond donors (Lipinski definition) is 2. The van der Waals surface area contributed by atoms with Crippen LogP contribution >= 0.6 is 15.9 Å². The van der Waals surface area contributed by atoms with E-state index in [9.17, 15) is 5.11 Å². The maximum atomic E-state index is 9.21. The lowest BCUT2D eigenvalue weighted by atomic mass is 9.73. The molecule has 1 aromatic rings. The standard InChI is InChI=1S/C9H11BrN2O/c10-7-2-1-3-12-8(7)9(11)4-6(13)5-9/h1-3,6,13H,4-5,11H2. The molecule has 3 N–H and O–H groups in total. The van der Waals surface area contributed by atoms with E-state index in [0.29, 0.717) is 12.8 Å². The maximum Gasteiger partial charge on any atom is 0.0746 e. The van der Waals surface area contributed by atoms with Gasteiger partial charge in [0.2, 0.25) is 0 Å². The molecule has 0 aliphatic heterocycles. The van der Waals surface area contributed by atoms with E-state index in [0.717, 1.165) is 10.2 Å². The van der Waals surface area contributed by atoms with Crippen LogP contribution in [-0.2, 0) is 5.54 Å². The van der Waals surface area contributed by atoms with Gasteiger partial charge in [-0.15, -0.1) is 0 Å².